The van der Waals surface area contributed by atoms with E-state index >= 15 is 0 Å². The summed E-state index contributed by atoms with van der Waals surface area (Å²) in [4.78, 5) is 17.1. The fraction of sp³-hybridized carbons (Fsp3) is 0.429. The number of carboxylic acids is 1. The summed E-state index contributed by atoms with van der Waals surface area (Å²) in [5, 5.41) is 9.02. The van der Waals surface area contributed by atoms with Crippen LogP contribution in [0, 0.1) is 5.92 Å². The van der Waals surface area contributed by atoms with Gasteiger partial charge in [0.2, 0.25) is 0 Å². The molecule has 0 fully saturated rings. The molecule has 1 aromatic carbocycles. The van der Waals surface area contributed by atoms with E-state index in [-0.39, 0.29) is 5.69 Å². The summed E-state index contributed by atoms with van der Waals surface area (Å²) in [6.45, 7) is 12.1. The van der Waals surface area contributed by atoms with Crippen LogP contribution in [0.2, 0.25) is 0 Å². The largest absolute Gasteiger partial charge is 0.493 e. The van der Waals surface area contributed by atoms with Gasteiger partial charge in [-0.1, -0.05) is 27.7 Å². The average molecular weight is 356 g/mol. The van der Waals surface area contributed by atoms with Crippen LogP contribution >= 0.6 is 0 Å². The third-order valence-corrected chi connectivity index (χ3v) is 4.09. The van der Waals surface area contributed by atoms with Crippen LogP contribution in [0.15, 0.2) is 36.5 Å². The second-order valence-electron chi connectivity index (χ2n) is 7.03. The van der Waals surface area contributed by atoms with Gasteiger partial charge >= 0.3 is 5.97 Å². The molecule has 26 heavy (non-hydrogen) atoms. The minimum atomic E-state index is -1.02. The minimum Gasteiger partial charge on any atom is -0.493 e. The first kappa shape index (κ1) is 19.8. The number of rotatable bonds is 8. The van der Waals surface area contributed by atoms with E-state index in [0.29, 0.717) is 18.4 Å². The fourth-order valence-corrected chi connectivity index (χ4v) is 2.73. The van der Waals surface area contributed by atoms with Crippen molar-refractivity contribution in [1.29, 1.82) is 0 Å². The zero-order valence-electron chi connectivity index (χ0n) is 16.2. The summed E-state index contributed by atoms with van der Waals surface area (Å²) in [6, 6.07) is 9.53. The summed E-state index contributed by atoms with van der Waals surface area (Å²) in [5.74, 6) is 0.713. The second kappa shape index (κ2) is 8.70. The summed E-state index contributed by atoms with van der Waals surface area (Å²) < 4.78 is 5.98. The maximum atomic E-state index is 11.0. The molecule has 0 radical (unpaired) electrons. The number of hydrogen-bond acceptors (Lipinski definition) is 4. The van der Waals surface area contributed by atoms with Crippen molar-refractivity contribution in [3.8, 4) is 5.75 Å². The molecule has 0 atom stereocenters. The Bertz CT molecular complexity index is 739. The first-order chi connectivity index (χ1) is 12.3. The van der Waals surface area contributed by atoms with Gasteiger partial charge in [-0.2, -0.15) is 0 Å². The van der Waals surface area contributed by atoms with E-state index in [4.69, 9.17) is 9.84 Å². The molecule has 5 heteroatoms. The minimum absolute atomic E-state index is 0.0464. The Labute approximate surface area is 155 Å². The highest BCUT2D eigenvalue weighted by Gasteiger charge is 2.15. The van der Waals surface area contributed by atoms with Crippen LogP contribution in [0.3, 0.4) is 0 Å². The zero-order valence-corrected chi connectivity index (χ0v) is 16.2. The van der Waals surface area contributed by atoms with Crippen LogP contribution in [0.1, 0.15) is 56.6 Å². The van der Waals surface area contributed by atoms with Crippen LogP contribution in [0.25, 0.3) is 0 Å². The van der Waals surface area contributed by atoms with E-state index < -0.39 is 5.97 Å². The summed E-state index contributed by atoms with van der Waals surface area (Å²) in [7, 11) is 0. The molecule has 0 amide bonds. The molecule has 0 spiro atoms. The molecular weight excluding hydrogens is 328 g/mol. The first-order valence-electron chi connectivity index (χ1n) is 9.07. The molecule has 1 aromatic heterocycles. The van der Waals surface area contributed by atoms with Crippen molar-refractivity contribution in [3.63, 3.8) is 0 Å². The number of ether oxygens (including phenoxy) is 1. The monoisotopic (exact) mass is 356 g/mol. The lowest BCUT2D eigenvalue weighted by atomic mass is 10.0. The van der Waals surface area contributed by atoms with Gasteiger partial charge in [0.05, 0.1) is 18.5 Å². The van der Waals surface area contributed by atoms with Crippen LogP contribution in [0.5, 0.6) is 5.75 Å². The van der Waals surface area contributed by atoms with Crippen LogP contribution in [-0.2, 0) is 0 Å². The van der Waals surface area contributed by atoms with Gasteiger partial charge in [0, 0.05) is 12.2 Å². The van der Waals surface area contributed by atoms with Crippen LogP contribution in [-0.4, -0.2) is 29.2 Å². The van der Waals surface area contributed by atoms with Crippen molar-refractivity contribution in [2.45, 2.75) is 40.5 Å². The quantitative estimate of drug-likeness (QED) is 0.713. The van der Waals surface area contributed by atoms with Crippen molar-refractivity contribution in [2.24, 2.45) is 5.92 Å². The van der Waals surface area contributed by atoms with Gasteiger partial charge < -0.3 is 14.7 Å². The third-order valence-electron chi connectivity index (χ3n) is 4.09. The van der Waals surface area contributed by atoms with Crippen LogP contribution in [0.4, 0.5) is 11.4 Å². The molecule has 140 valence electrons. The van der Waals surface area contributed by atoms with E-state index in [1.54, 1.807) is 12.3 Å². The Morgan fingerprint density at radius 1 is 1.15 bits per heavy atom. The Balaban J connectivity index is 2.35. The Morgan fingerprint density at radius 3 is 2.35 bits per heavy atom. The predicted molar refractivity (Wildman–Crippen MR) is 105 cm³/mol. The van der Waals surface area contributed by atoms with E-state index in [0.717, 1.165) is 29.2 Å². The number of pyridine rings is 1. The molecule has 0 unspecified atom stereocenters. The van der Waals surface area contributed by atoms with Gasteiger partial charge in [0.15, 0.2) is 0 Å². The number of aromatic carboxylic acids is 1. The van der Waals surface area contributed by atoms with E-state index in [9.17, 15) is 4.79 Å². The molecule has 0 saturated heterocycles. The molecule has 0 aliphatic carbocycles. The summed E-state index contributed by atoms with van der Waals surface area (Å²) >= 11 is 0. The highest BCUT2D eigenvalue weighted by Crippen LogP contribution is 2.33. The second-order valence-corrected chi connectivity index (χ2v) is 7.03. The van der Waals surface area contributed by atoms with Gasteiger partial charge in [-0.05, 0) is 54.7 Å². The highest BCUT2D eigenvalue weighted by atomic mass is 16.5. The van der Waals surface area contributed by atoms with Gasteiger partial charge in [-0.3, -0.25) is 0 Å². The molecule has 2 rings (SSSR count). The lowest BCUT2D eigenvalue weighted by Crippen LogP contribution is -2.17. The average Bonchev–Trinajstić information content (AvgIpc) is 2.61. The lowest BCUT2D eigenvalue weighted by molar-refractivity contribution is 0.0690. The smallest absolute Gasteiger partial charge is 0.354 e. The Morgan fingerprint density at radius 2 is 1.85 bits per heavy atom. The molecule has 2 aromatic rings. The van der Waals surface area contributed by atoms with E-state index in [2.05, 4.69) is 50.6 Å². The fourth-order valence-electron chi connectivity index (χ4n) is 2.73. The molecule has 0 bridgehead atoms. The van der Waals surface area contributed by atoms with Crippen molar-refractivity contribution in [1.82, 2.24) is 4.98 Å². The topological polar surface area (TPSA) is 62.7 Å². The molecule has 1 N–H and O–H groups in total. The highest BCUT2D eigenvalue weighted by molar-refractivity contribution is 5.85. The third kappa shape index (κ3) is 4.75. The molecule has 5 nitrogen and oxygen atoms in total. The SMILES string of the molecule is CCN(c1ccc(C(=O)O)nc1)c1ccc(OCC(C)C)c(C(C)C)c1. The Hall–Kier alpha value is -2.56. The van der Waals surface area contributed by atoms with Gasteiger partial charge in [-0.25, -0.2) is 9.78 Å². The molecule has 0 saturated carbocycles. The number of aromatic nitrogens is 1. The molecule has 0 aliphatic heterocycles. The number of carboxylic acid groups (broad SMARTS) is 1. The first-order valence-corrected chi connectivity index (χ1v) is 9.07. The Kier molecular flexibility index (Phi) is 6.61. The van der Waals surface area contributed by atoms with E-state index in [1.165, 1.54) is 6.07 Å². The van der Waals surface area contributed by atoms with Crippen LogP contribution < -0.4 is 9.64 Å². The predicted octanol–water partition coefficient (Wildman–Crippen LogP) is 5.10. The number of anilines is 2. The maximum absolute atomic E-state index is 11.0. The van der Waals surface area contributed by atoms with Crippen molar-refractivity contribution < 1.29 is 14.6 Å². The van der Waals surface area contributed by atoms with Gasteiger partial charge in [0.1, 0.15) is 11.4 Å². The van der Waals surface area contributed by atoms with Crippen molar-refractivity contribution in [3.05, 3.63) is 47.8 Å². The summed E-state index contributed by atoms with van der Waals surface area (Å²) in [6.07, 6.45) is 1.60. The number of carbonyl (C=O) groups is 1. The van der Waals surface area contributed by atoms with Crippen molar-refractivity contribution in [2.75, 3.05) is 18.1 Å². The lowest BCUT2D eigenvalue weighted by Gasteiger charge is -2.25. The zero-order chi connectivity index (χ0) is 19.3. The normalized spacial score (nSPS) is 11.0. The van der Waals surface area contributed by atoms with E-state index in [1.807, 2.05) is 12.1 Å². The standard InChI is InChI=1S/C21H28N2O3/c1-6-23(17-7-9-19(21(24)25)22-12-17)16-8-10-20(26-13-14(2)3)18(11-16)15(4)5/h7-12,14-15H,6,13H2,1-5H3,(H,24,25). The maximum Gasteiger partial charge on any atom is 0.354 e. The number of nitrogens with zero attached hydrogens (tertiary/aromatic N) is 2. The summed E-state index contributed by atoms with van der Waals surface area (Å²) in [5.41, 5.74) is 3.11. The molecule has 0 aliphatic rings. The van der Waals surface area contributed by atoms with Crippen molar-refractivity contribution >= 4 is 17.3 Å². The number of benzene rings is 1. The molecular formula is C21H28N2O3. The molecule has 1 heterocycles. The van der Waals surface area contributed by atoms with Gasteiger partial charge in [-0.15, -0.1) is 0 Å². The van der Waals surface area contributed by atoms with Gasteiger partial charge in [0.25, 0.3) is 0 Å². The number of hydrogen-bond donors (Lipinski definition) is 1.